The Morgan fingerprint density at radius 2 is 1.89 bits per heavy atom. The Kier molecular flexibility index (Phi) is 5.79. The van der Waals surface area contributed by atoms with Gasteiger partial charge in [-0.3, -0.25) is 5.32 Å². The largest absolute Gasteiger partial charge is 0.444 e. The standard InChI is InChI=1S/C16H15ClF4N4O2/c1-15(2,3)27-14(26)23-8-4-5-10(18)11(6-8)24-12-9(16(19,20)21)7-22-13(17)25-12/h4-7H,1-3H3,(H,23,26)(H,22,24,25). The summed E-state index contributed by atoms with van der Waals surface area (Å²) in [5.41, 5.74) is -2.24. The average molecular weight is 407 g/mol. The van der Waals surface area contributed by atoms with Gasteiger partial charge in [0.15, 0.2) is 0 Å². The molecule has 146 valence electrons. The number of nitrogens with one attached hydrogen (secondary N) is 2. The van der Waals surface area contributed by atoms with Crippen molar-refractivity contribution in [1.82, 2.24) is 9.97 Å². The van der Waals surface area contributed by atoms with Gasteiger partial charge in [0.1, 0.15) is 22.8 Å². The smallest absolute Gasteiger partial charge is 0.421 e. The van der Waals surface area contributed by atoms with Crippen LogP contribution in [0.4, 0.5) is 39.5 Å². The Balaban J connectivity index is 2.30. The molecule has 2 N–H and O–H groups in total. The first-order valence-electron chi connectivity index (χ1n) is 7.51. The maximum atomic E-state index is 14.0. The summed E-state index contributed by atoms with van der Waals surface area (Å²) in [6, 6.07) is 3.28. The number of rotatable bonds is 3. The van der Waals surface area contributed by atoms with Crippen LogP contribution in [0.3, 0.4) is 0 Å². The number of nitrogens with zero attached hydrogens (tertiary/aromatic N) is 2. The molecule has 1 aromatic heterocycles. The number of ether oxygens (including phenoxy) is 1. The minimum absolute atomic E-state index is 0.0989. The van der Waals surface area contributed by atoms with Crippen LogP contribution in [-0.2, 0) is 10.9 Å². The van der Waals surface area contributed by atoms with E-state index >= 15 is 0 Å². The van der Waals surface area contributed by atoms with Crippen molar-refractivity contribution in [2.45, 2.75) is 32.5 Å². The molecule has 0 aliphatic carbocycles. The Morgan fingerprint density at radius 3 is 2.48 bits per heavy atom. The van der Waals surface area contributed by atoms with Gasteiger partial charge in [0.2, 0.25) is 5.28 Å². The second-order valence-electron chi connectivity index (χ2n) is 6.35. The first kappa shape index (κ1) is 20.7. The van der Waals surface area contributed by atoms with Crippen LogP contribution >= 0.6 is 11.6 Å². The molecule has 11 heteroatoms. The fourth-order valence-corrected chi connectivity index (χ4v) is 2.04. The van der Waals surface area contributed by atoms with E-state index < -0.39 is 40.4 Å². The lowest BCUT2D eigenvalue weighted by Crippen LogP contribution is -2.27. The summed E-state index contributed by atoms with van der Waals surface area (Å²) >= 11 is 5.54. The van der Waals surface area contributed by atoms with E-state index in [9.17, 15) is 22.4 Å². The van der Waals surface area contributed by atoms with E-state index in [0.717, 1.165) is 12.1 Å². The number of aromatic nitrogens is 2. The average Bonchev–Trinajstić information content (AvgIpc) is 2.47. The maximum Gasteiger partial charge on any atom is 0.421 e. The van der Waals surface area contributed by atoms with E-state index in [0.29, 0.717) is 6.20 Å². The highest BCUT2D eigenvalue weighted by Gasteiger charge is 2.35. The number of anilines is 3. The summed E-state index contributed by atoms with van der Waals surface area (Å²) in [4.78, 5) is 18.5. The molecule has 1 aromatic carbocycles. The summed E-state index contributed by atoms with van der Waals surface area (Å²) in [6.07, 6.45) is -5.10. The number of carbonyl (C=O) groups is 1. The van der Waals surface area contributed by atoms with Gasteiger partial charge in [-0.05, 0) is 50.6 Å². The molecule has 2 aromatic rings. The summed E-state index contributed by atoms with van der Waals surface area (Å²) < 4.78 is 58.3. The highest BCUT2D eigenvalue weighted by Crippen LogP contribution is 2.35. The molecule has 1 heterocycles. The van der Waals surface area contributed by atoms with E-state index in [4.69, 9.17) is 16.3 Å². The van der Waals surface area contributed by atoms with Crippen molar-refractivity contribution in [3.05, 3.63) is 41.1 Å². The van der Waals surface area contributed by atoms with E-state index in [1.807, 2.05) is 0 Å². The second-order valence-corrected chi connectivity index (χ2v) is 6.68. The molecule has 0 aliphatic rings. The monoisotopic (exact) mass is 406 g/mol. The summed E-state index contributed by atoms with van der Waals surface area (Å²) in [5.74, 6) is -1.59. The van der Waals surface area contributed by atoms with Crippen molar-refractivity contribution < 1.29 is 27.1 Å². The molecule has 0 radical (unpaired) electrons. The maximum absolute atomic E-state index is 14.0. The van der Waals surface area contributed by atoms with E-state index in [2.05, 4.69) is 20.6 Å². The molecule has 6 nitrogen and oxygen atoms in total. The van der Waals surface area contributed by atoms with Gasteiger partial charge in [0.25, 0.3) is 0 Å². The number of benzene rings is 1. The molecule has 0 bridgehead atoms. The van der Waals surface area contributed by atoms with Crippen molar-refractivity contribution >= 4 is 34.9 Å². The van der Waals surface area contributed by atoms with Crippen molar-refractivity contribution in [2.24, 2.45) is 0 Å². The lowest BCUT2D eigenvalue weighted by molar-refractivity contribution is -0.137. The molecule has 1 amide bonds. The third-order valence-corrected chi connectivity index (χ3v) is 3.11. The second kappa shape index (κ2) is 7.55. The Bertz CT molecular complexity index is 853. The SMILES string of the molecule is CC(C)(C)OC(=O)Nc1ccc(F)c(Nc2nc(Cl)ncc2C(F)(F)F)c1. The van der Waals surface area contributed by atoms with Crippen LogP contribution < -0.4 is 10.6 Å². The van der Waals surface area contributed by atoms with Gasteiger partial charge in [-0.2, -0.15) is 18.2 Å². The highest BCUT2D eigenvalue weighted by molar-refractivity contribution is 6.28. The van der Waals surface area contributed by atoms with Crippen LogP contribution in [0.5, 0.6) is 0 Å². The lowest BCUT2D eigenvalue weighted by Gasteiger charge is -2.20. The zero-order valence-corrected chi connectivity index (χ0v) is 15.2. The van der Waals surface area contributed by atoms with Crippen LogP contribution in [-0.4, -0.2) is 21.7 Å². The van der Waals surface area contributed by atoms with Crippen LogP contribution in [0.2, 0.25) is 5.28 Å². The minimum atomic E-state index is -4.78. The van der Waals surface area contributed by atoms with Crippen LogP contribution in [0, 0.1) is 5.82 Å². The number of alkyl halides is 3. The fraction of sp³-hybridized carbons (Fsp3) is 0.312. The summed E-state index contributed by atoms with van der Waals surface area (Å²) in [5, 5.41) is 4.14. The van der Waals surface area contributed by atoms with E-state index in [1.165, 1.54) is 6.07 Å². The van der Waals surface area contributed by atoms with Crippen LogP contribution in [0.15, 0.2) is 24.4 Å². The van der Waals surface area contributed by atoms with Crippen molar-refractivity contribution in [3.63, 3.8) is 0 Å². The van der Waals surface area contributed by atoms with Crippen molar-refractivity contribution in [3.8, 4) is 0 Å². The van der Waals surface area contributed by atoms with Gasteiger partial charge in [-0.1, -0.05) is 0 Å². The summed E-state index contributed by atoms with van der Waals surface area (Å²) in [7, 11) is 0. The van der Waals surface area contributed by atoms with Gasteiger partial charge in [0.05, 0.1) is 5.69 Å². The number of hydrogen-bond acceptors (Lipinski definition) is 5. The molecule has 0 aliphatic heterocycles. The molecular formula is C16H15ClF4N4O2. The number of halogens is 5. The molecule has 0 atom stereocenters. The molecule has 2 rings (SSSR count). The predicted octanol–water partition coefficient (Wildman–Crippen LogP) is 5.38. The van der Waals surface area contributed by atoms with Crippen LogP contribution in [0.25, 0.3) is 0 Å². The molecule has 27 heavy (non-hydrogen) atoms. The molecule has 0 unspecified atom stereocenters. The Hall–Kier alpha value is -2.62. The van der Waals surface area contributed by atoms with Gasteiger partial charge in [-0.15, -0.1) is 0 Å². The third kappa shape index (κ3) is 5.95. The normalized spacial score (nSPS) is 11.9. The third-order valence-electron chi connectivity index (χ3n) is 2.93. The quantitative estimate of drug-likeness (QED) is 0.528. The highest BCUT2D eigenvalue weighted by atomic mass is 35.5. The van der Waals surface area contributed by atoms with Gasteiger partial charge < -0.3 is 10.1 Å². The molecular weight excluding hydrogens is 392 g/mol. The number of amides is 1. The zero-order chi connectivity index (χ0) is 20.4. The number of carbonyl (C=O) groups excluding carboxylic acids is 1. The molecule has 0 spiro atoms. The van der Waals surface area contributed by atoms with Crippen molar-refractivity contribution in [2.75, 3.05) is 10.6 Å². The predicted molar refractivity (Wildman–Crippen MR) is 91.6 cm³/mol. The fourth-order valence-electron chi connectivity index (χ4n) is 1.91. The molecule has 0 saturated carbocycles. The minimum Gasteiger partial charge on any atom is -0.444 e. The summed E-state index contributed by atoms with van der Waals surface area (Å²) in [6.45, 7) is 4.96. The lowest BCUT2D eigenvalue weighted by atomic mass is 10.2. The van der Waals surface area contributed by atoms with Gasteiger partial charge >= 0.3 is 12.3 Å². The Morgan fingerprint density at radius 1 is 1.22 bits per heavy atom. The number of hydrogen-bond donors (Lipinski definition) is 2. The first-order valence-corrected chi connectivity index (χ1v) is 7.89. The van der Waals surface area contributed by atoms with Gasteiger partial charge in [-0.25, -0.2) is 14.2 Å². The van der Waals surface area contributed by atoms with Gasteiger partial charge in [0, 0.05) is 11.9 Å². The topological polar surface area (TPSA) is 76.1 Å². The van der Waals surface area contributed by atoms with E-state index in [-0.39, 0.29) is 11.4 Å². The first-order chi connectivity index (χ1) is 12.3. The zero-order valence-electron chi connectivity index (χ0n) is 14.4. The van der Waals surface area contributed by atoms with Crippen molar-refractivity contribution in [1.29, 1.82) is 0 Å². The van der Waals surface area contributed by atoms with E-state index in [1.54, 1.807) is 20.8 Å². The molecule has 0 saturated heterocycles. The Labute approximate surface area is 156 Å². The van der Waals surface area contributed by atoms with Crippen LogP contribution in [0.1, 0.15) is 26.3 Å². The molecule has 0 fully saturated rings.